The molecule has 0 saturated carbocycles. The number of hydrogen-bond acceptors (Lipinski definition) is 4. The Morgan fingerprint density at radius 3 is 2.46 bits per heavy atom. The molecule has 1 unspecified atom stereocenters. The number of amides is 1. The van der Waals surface area contributed by atoms with E-state index < -0.39 is 16.8 Å². The Kier molecular flexibility index (Phi) is 4.46. The van der Waals surface area contributed by atoms with Crippen LogP contribution in [-0.4, -0.2) is 47.9 Å². The van der Waals surface area contributed by atoms with Gasteiger partial charge in [0, 0.05) is 24.1 Å². The summed E-state index contributed by atoms with van der Waals surface area (Å²) in [6.45, 7) is 3.14. The van der Waals surface area contributed by atoms with Gasteiger partial charge in [0.25, 0.3) is 0 Å². The highest BCUT2D eigenvalue weighted by Gasteiger charge is 2.47. The Labute approximate surface area is 165 Å². The second kappa shape index (κ2) is 6.99. The van der Waals surface area contributed by atoms with Gasteiger partial charge in [-0.05, 0) is 37.4 Å². The molecule has 4 heterocycles. The summed E-state index contributed by atoms with van der Waals surface area (Å²) < 4.78 is 4.96. The van der Waals surface area contributed by atoms with E-state index in [1.165, 1.54) is 0 Å². The predicted molar refractivity (Wildman–Crippen MR) is 106 cm³/mol. The molecule has 0 aliphatic carbocycles. The number of nitrogens with zero attached hydrogens (tertiary/aromatic N) is 2. The predicted octanol–water partition coefficient (Wildman–Crippen LogP) is 3.88. The molecule has 3 fully saturated rings. The Balaban J connectivity index is 1.48. The molecule has 1 amide bonds. The Morgan fingerprint density at radius 2 is 1.75 bits per heavy atom. The molecule has 146 valence electrons. The van der Waals surface area contributed by atoms with Crippen LogP contribution in [0.1, 0.15) is 35.6 Å². The number of fused-ring (bicyclic) bond motifs is 4. The molecular formula is C23H26N2O3. The van der Waals surface area contributed by atoms with Crippen molar-refractivity contribution in [1.82, 2.24) is 4.90 Å². The summed E-state index contributed by atoms with van der Waals surface area (Å²) in [7, 11) is 0. The van der Waals surface area contributed by atoms with Crippen molar-refractivity contribution < 1.29 is 14.2 Å². The van der Waals surface area contributed by atoms with Crippen LogP contribution in [0.25, 0.3) is 0 Å². The third-order valence-corrected chi connectivity index (χ3v) is 6.75. The maximum atomic E-state index is 14.0. The minimum Gasteiger partial charge on any atom is -0.622 e. The third-order valence-electron chi connectivity index (χ3n) is 6.75. The number of benzene rings is 2. The first-order valence-electron chi connectivity index (χ1n) is 10.3. The van der Waals surface area contributed by atoms with Crippen LogP contribution in [0.5, 0.6) is 0 Å². The van der Waals surface area contributed by atoms with Crippen molar-refractivity contribution in [3.63, 3.8) is 0 Å². The van der Waals surface area contributed by atoms with Gasteiger partial charge in [-0.2, -0.15) is 4.79 Å². The number of quaternary nitrogens is 1. The van der Waals surface area contributed by atoms with E-state index in [1.807, 2.05) is 48.5 Å². The number of rotatable bonds is 2. The van der Waals surface area contributed by atoms with Crippen LogP contribution >= 0.6 is 0 Å². The molecule has 2 bridgehead atoms. The fraction of sp³-hybridized carbons (Fsp3) is 0.435. The lowest BCUT2D eigenvalue weighted by molar-refractivity contribution is -0.837. The monoisotopic (exact) mass is 378 g/mol. The minimum atomic E-state index is -0.954. The highest BCUT2D eigenvalue weighted by molar-refractivity contribution is 5.62. The molecular weight excluding hydrogens is 352 g/mol. The van der Waals surface area contributed by atoms with E-state index in [0.717, 1.165) is 49.2 Å². The molecule has 28 heavy (non-hydrogen) atoms. The van der Waals surface area contributed by atoms with Gasteiger partial charge in [0.05, 0.1) is 6.54 Å². The van der Waals surface area contributed by atoms with E-state index in [1.54, 1.807) is 0 Å². The van der Waals surface area contributed by atoms with E-state index in [4.69, 9.17) is 4.74 Å². The quantitative estimate of drug-likeness (QED) is 0.588. The molecule has 4 aliphatic heterocycles. The molecule has 3 atom stereocenters. The van der Waals surface area contributed by atoms with Crippen molar-refractivity contribution in [2.45, 2.75) is 31.4 Å². The van der Waals surface area contributed by atoms with Crippen molar-refractivity contribution in [3.8, 4) is 0 Å². The molecule has 5 nitrogen and oxygen atoms in total. The number of piperidine rings is 3. The summed E-state index contributed by atoms with van der Waals surface area (Å²) >= 11 is 0. The summed E-state index contributed by atoms with van der Waals surface area (Å²) in [4.78, 5) is 15.6. The normalized spacial score (nSPS) is 33.9. The van der Waals surface area contributed by atoms with Gasteiger partial charge in [0.1, 0.15) is 6.10 Å². The summed E-state index contributed by atoms with van der Waals surface area (Å²) in [5.41, 5.74) is 2.97. The smallest absolute Gasteiger partial charge is 0.517 e. The number of ether oxygens (including phenoxy) is 1. The average Bonchev–Trinajstić information content (AvgIpc) is 2.75. The first kappa shape index (κ1) is 17.9. The van der Waals surface area contributed by atoms with Crippen LogP contribution < -0.4 is 0 Å². The zero-order valence-corrected chi connectivity index (χ0v) is 16.0. The molecule has 0 spiro atoms. The first-order chi connectivity index (χ1) is 13.6. The van der Waals surface area contributed by atoms with E-state index in [0.29, 0.717) is 12.3 Å². The molecule has 2 aromatic carbocycles. The van der Waals surface area contributed by atoms with Crippen molar-refractivity contribution in [2.75, 3.05) is 26.2 Å². The average molecular weight is 378 g/mol. The van der Waals surface area contributed by atoms with Crippen LogP contribution in [0, 0.1) is 11.1 Å². The Hall–Kier alpha value is -2.21. The van der Waals surface area contributed by atoms with E-state index >= 15 is 0 Å². The van der Waals surface area contributed by atoms with Gasteiger partial charge in [-0.3, -0.25) is 4.90 Å². The lowest BCUT2D eigenvalue weighted by Gasteiger charge is -2.50. The number of hydrogen-bond donors (Lipinski definition) is 0. The standard InChI is InChI=1S/C23H26N2O3/c26-23(28-21-16-24-13-10-18(21)11-14-24)25(27)15-12-17-6-4-5-9-20(17)22(25)19-7-2-1-3-8-19/h1-9,18,21-22H,10-16H2/t21-,22-,25?/m0/s1. The highest BCUT2D eigenvalue weighted by Crippen LogP contribution is 2.41. The van der Waals surface area contributed by atoms with Crippen molar-refractivity contribution >= 4 is 6.09 Å². The summed E-state index contributed by atoms with van der Waals surface area (Å²) in [5, 5.41) is 14.0. The van der Waals surface area contributed by atoms with Gasteiger partial charge in [-0.1, -0.05) is 54.6 Å². The van der Waals surface area contributed by atoms with Gasteiger partial charge < -0.3 is 9.94 Å². The van der Waals surface area contributed by atoms with Gasteiger partial charge in [0.15, 0.2) is 6.04 Å². The second-order valence-electron chi connectivity index (χ2n) is 8.34. The van der Waals surface area contributed by atoms with E-state index in [-0.39, 0.29) is 12.6 Å². The zero-order chi connectivity index (χ0) is 19.1. The summed E-state index contributed by atoms with van der Waals surface area (Å²) in [6.07, 6.45) is 1.94. The number of carbonyl (C=O) groups excluding carboxylic acids is 1. The molecule has 2 aromatic rings. The maximum Gasteiger partial charge on any atom is 0.517 e. The maximum absolute atomic E-state index is 14.0. The molecule has 0 radical (unpaired) electrons. The lowest BCUT2D eigenvalue weighted by atomic mass is 9.86. The van der Waals surface area contributed by atoms with Gasteiger partial charge in [0.2, 0.25) is 0 Å². The Bertz CT molecular complexity index is 863. The molecule has 0 N–H and O–H groups in total. The molecule has 6 rings (SSSR count). The van der Waals surface area contributed by atoms with Crippen LogP contribution in [0.3, 0.4) is 0 Å². The van der Waals surface area contributed by atoms with E-state index in [9.17, 15) is 10.0 Å². The topological polar surface area (TPSA) is 52.6 Å². The van der Waals surface area contributed by atoms with Gasteiger partial charge in [-0.15, -0.1) is 0 Å². The molecule has 4 aliphatic rings. The van der Waals surface area contributed by atoms with E-state index in [2.05, 4.69) is 11.0 Å². The van der Waals surface area contributed by atoms with Gasteiger partial charge in [-0.25, -0.2) is 4.65 Å². The van der Waals surface area contributed by atoms with Crippen LogP contribution in [0.2, 0.25) is 0 Å². The van der Waals surface area contributed by atoms with Crippen molar-refractivity contribution in [3.05, 3.63) is 76.5 Å². The fourth-order valence-corrected chi connectivity index (χ4v) is 5.18. The van der Waals surface area contributed by atoms with Crippen molar-refractivity contribution in [1.29, 1.82) is 0 Å². The number of carbonyl (C=O) groups is 1. The molecule has 0 aromatic heterocycles. The summed E-state index contributed by atoms with van der Waals surface area (Å²) in [5.74, 6) is 0.396. The fourth-order valence-electron chi connectivity index (χ4n) is 5.18. The Morgan fingerprint density at radius 1 is 1.04 bits per heavy atom. The SMILES string of the molecule is O=C(O[C@H]1CN2CCC1CC2)[N+]1([O-])CCc2ccccc2[C@@H]1c1ccccc1. The highest BCUT2D eigenvalue weighted by atomic mass is 16.7. The van der Waals surface area contributed by atoms with Crippen molar-refractivity contribution in [2.24, 2.45) is 5.92 Å². The minimum absolute atomic E-state index is 0.146. The first-order valence-corrected chi connectivity index (χ1v) is 10.3. The number of hydroxylamine groups is 3. The van der Waals surface area contributed by atoms with Crippen LogP contribution in [-0.2, 0) is 11.2 Å². The third kappa shape index (κ3) is 2.94. The van der Waals surface area contributed by atoms with Gasteiger partial charge >= 0.3 is 6.09 Å². The molecule has 5 heteroatoms. The lowest BCUT2D eigenvalue weighted by Crippen LogP contribution is -2.58. The molecule has 3 saturated heterocycles. The van der Waals surface area contributed by atoms with Crippen LogP contribution in [0.15, 0.2) is 54.6 Å². The van der Waals surface area contributed by atoms with Crippen LogP contribution in [0.4, 0.5) is 4.79 Å². The summed E-state index contributed by atoms with van der Waals surface area (Å²) in [6, 6.07) is 17.1. The zero-order valence-electron chi connectivity index (χ0n) is 16.0. The second-order valence-corrected chi connectivity index (χ2v) is 8.34. The largest absolute Gasteiger partial charge is 0.622 e.